The number of hydrogen-bond donors (Lipinski definition) is 2. The molecule has 4 rings (SSSR count). The average Bonchev–Trinajstić information content (AvgIpc) is 3.54. The van der Waals surface area contributed by atoms with Gasteiger partial charge in [-0.3, -0.25) is 4.98 Å². The van der Waals surface area contributed by atoms with Gasteiger partial charge in [0.2, 0.25) is 0 Å². The van der Waals surface area contributed by atoms with Crippen LogP contribution in [0.2, 0.25) is 0 Å². The maximum absolute atomic E-state index is 14.0. The highest BCUT2D eigenvalue weighted by molar-refractivity contribution is 5.75. The molecule has 8 heteroatoms. The summed E-state index contributed by atoms with van der Waals surface area (Å²) in [6, 6.07) is 6.84. The van der Waals surface area contributed by atoms with Gasteiger partial charge in [0.25, 0.3) is 0 Å². The molecule has 2 heterocycles. The van der Waals surface area contributed by atoms with Gasteiger partial charge in [-0.25, -0.2) is 19.0 Å². The second-order valence-corrected chi connectivity index (χ2v) is 7.89. The number of aromatic nitrogens is 2. The van der Waals surface area contributed by atoms with Crippen LogP contribution in [0.4, 0.5) is 15.0 Å². The lowest BCUT2D eigenvalue weighted by atomic mass is 10.0. The van der Waals surface area contributed by atoms with Gasteiger partial charge in [-0.1, -0.05) is 17.7 Å². The lowest BCUT2D eigenvalue weighted by molar-refractivity contribution is 0.160. The number of rotatable bonds is 5. The molecular weight excluding hydrogens is 373 g/mol. The normalized spacial score (nSPS) is 19.1. The van der Waals surface area contributed by atoms with Gasteiger partial charge in [0.1, 0.15) is 11.6 Å². The molecule has 1 aliphatic carbocycles. The van der Waals surface area contributed by atoms with E-state index in [4.69, 9.17) is 0 Å². The van der Waals surface area contributed by atoms with Crippen molar-refractivity contribution in [2.45, 2.75) is 51.2 Å². The zero-order valence-corrected chi connectivity index (χ0v) is 16.5. The predicted molar refractivity (Wildman–Crippen MR) is 108 cm³/mol. The van der Waals surface area contributed by atoms with Crippen molar-refractivity contribution in [3.05, 3.63) is 57.9 Å². The van der Waals surface area contributed by atoms with Gasteiger partial charge in [0, 0.05) is 37.4 Å². The topological polar surface area (TPSA) is 81.3 Å². The molecule has 0 spiro atoms. The molecule has 154 valence electrons. The molecule has 1 saturated carbocycles. The van der Waals surface area contributed by atoms with Crippen LogP contribution in [0.25, 0.3) is 0 Å². The Hall–Kier alpha value is -2.90. The molecule has 7 nitrogen and oxygen atoms in total. The van der Waals surface area contributed by atoms with Crippen LogP contribution in [0.3, 0.4) is 0 Å². The summed E-state index contributed by atoms with van der Waals surface area (Å²) in [7, 11) is 0. The van der Waals surface area contributed by atoms with Gasteiger partial charge < -0.3 is 15.1 Å². The van der Waals surface area contributed by atoms with Crippen LogP contribution in [0.15, 0.2) is 35.3 Å². The molecule has 2 fully saturated rings. The van der Waals surface area contributed by atoms with Gasteiger partial charge in [0.15, 0.2) is 0 Å². The summed E-state index contributed by atoms with van der Waals surface area (Å²) in [5, 5.41) is 2.91. The number of nitrogens with one attached hydrogen (secondary N) is 2. The zero-order chi connectivity index (χ0) is 20.4. The molecule has 0 radical (unpaired) electrons. The number of H-pyrrole nitrogens is 1. The maximum atomic E-state index is 14.0. The summed E-state index contributed by atoms with van der Waals surface area (Å²) in [6.07, 6.45) is 5.33. The van der Waals surface area contributed by atoms with Gasteiger partial charge >= 0.3 is 11.7 Å². The third kappa shape index (κ3) is 4.58. The zero-order valence-electron chi connectivity index (χ0n) is 16.5. The van der Waals surface area contributed by atoms with E-state index in [1.54, 1.807) is 18.2 Å². The van der Waals surface area contributed by atoms with Crippen molar-refractivity contribution in [1.82, 2.24) is 20.2 Å². The lowest BCUT2D eigenvalue weighted by Gasteiger charge is -2.40. The van der Waals surface area contributed by atoms with Crippen molar-refractivity contribution in [1.29, 1.82) is 0 Å². The number of halogens is 1. The summed E-state index contributed by atoms with van der Waals surface area (Å²) in [5.41, 5.74) is 1.08. The van der Waals surface area contributed by atoms with Crippen molar-refractivity contribution >= 4 is 11.8 Å². The van der Waals surface area contributed by atoms with Crippen LogP contribution in [0.5, 0.6) is 0 Å². The molecule has 1 aliphatic heterocycles. The molecule has 29 heavy (non-hydrogen) atoms. The van der Waals surface area contributed by atoms with Crippen molar-refractivity contribution in [3.8, 4) is 0 Å². The number of aromatic amines is 1. The SMILES string of the molecule is Cc1ccc(F)c(CNC(=O)N(C2CC2)[C@@H]2CCCN(c3ccnc(=O)[nH]3)C2)c1. The largest absolute Gasteiger partial charge is 0.356 e. The number of amides is 2. The van der Waals surface area contributed by atoms with Crippen LogP contribution >= 0.6 is 0 Å². The molecule has 0 unspecified atom stereocenters. The fraction of sp³-hybridized carbons (Fsp3) is 0.476. The summed E-state index contributed by atoms with van der Waals surface area (Å²) < 4.78 is 14.0. The monoisotopic (exact) mass is 399 g/mol. The van der Waals surface area contributed by atoms with Crippen LogP contribution in [-0.4, -0.2) is 46.1 Å². The third-order valence-corrected chi connectivity index (χ3v) is 5.60. The lowest BCUT2D eigenvalue weighted by Crippen LogP contribution is -2.54. The van der Waals surface area contributed by atoms with E-state index in [1.165, 1.54) is 12.3 Å². The van der Waals surface area contributed by atoms with Crippen LogP contribution < -0.4 is 15.9 Å². The second kappa shape index (κ2) is 8.23. The first-order chi connectivity index (χ1) is 14.0. The Labute approximate surface area is 168 Å². The average molecular weight is 399 g/mol. The number of carbonyl (C=O) groups is 1. The quantitative estimate of drug-likeness (QED) is 0.810. The maximum Gasteiger partial charge on any atom is 0.346 e. The summed E-state index contributed by atoms with van der Waals surface area (Å²) in [5.74, 6) is 0.423. The molecule has 2 N–H and O–H groups in total. The van der Waals surface area contributed by atoms with Gasteiger partial charge in [-0.15, -0.1) is 0 Å². The highest BCUT2D eigenvalue weighted by atomic mass is 19.1. The Balaban J connectivity index is 1.44. The van der Waals surface area contributed by atoms with Crippen LogP contribution in [0.1, 0.15) is 36.8 Å². The standard InChI is InChI=1S/C21H26FN5O2/c1-14-4-7-18(22)15(11-14)12-24-21(29)27(16-5-6-16)17-3-2-10-26(13-17)19-8-9-23-20(28)25-19/h4,7-9,11,16-17H,2-3,5-6,10,12-13H2,1H3,(H,24,29)(H,23,25,28)/t17-/m1/s1. The van der Waals surface area contributed by atoms with E-state index in [-0.39, 0.29) is 36.2 Å². The molecule has 0 bridgehead atoms. The molecule has 2 amide bonds. The van der Waals surface area contributed by atoms with Gasteiger partial charge in [-0.05, 0) is 44.7 Å². The Morgan fingerprint density at radius 2 is 2.14 bits per heavy atom. The third-order valence-electron chi connectivity index (χ3n) is 5.60. The minimum atomic E-state index is -0.374. The molecule has 2 aromatic rings. The number of benzene rings is 1. The van der Waals surface area contributed by atoms with Gasteiger partial charge in [0.05, 0.1) is 6.04 Å². The minimum Gasteiger partial charge on any atom is -0.356 e. The van der Waals surface area contributed by atoms with Crippen LogP contribution in [-0.2, 0) is 6.54 Å². The number of anilines is 1. The number of carbonyl (C=O) groups excluding carboxylic acids is 1. The highest BCUT2D eigenvalue weighted by Crippen LogP contribution is 2.32. The van der Waals surface area contributed by atoms with Crippen molar-refractivity contribution in [3.63, 3.8) is 0 Å². The predicted octanol–water partition coefficient (Wildman–Crippen LogP) is 2.56. The number of piperidine rings is 1. The number of hydrogen-bond acceptors (Lipinski definition) is 4. The molecular formula is C21H26FN5O2. The van der Waals surface area contributed by atoms with E-state index < -0.39 is 0 Å². The Kier molecular flexibility index (Phi) is 5.51. The number of nitrogens with zero attached hydrogens (tertiary/aromatic N) is 3. The van der Waals surface area contributed by atoms with E-state index in [0.29, 0.717) is 12.1 Å². The summed E-state index contributed by atoms with van der Waals surface area (Å²) >= 11 is 0. The summed E-state index contributed by atoms with van der Waals surface area (Å²) in [4.78, 5) is 35.0. The molecule has 1 aromatic heterocycles. The van der Waals surface area contributed by atoms with Crippen molar-refractivity contribution < 1.29 is 9.18 Å². The Bertz CT molecular complexity index is 943. The first kappa shape index (κ1) is 19.4. The van der Waals surface area contributed by atoms with E-state index in [1.807, 2.05) is 11.8 Å². The van der Waals surface area contributed by atoms with Crippen LogP contribution in [0, 0.1) is 12.7 Å². The van der Waals surface area contributed by atoms with E-state index >= 15 is 0 Å². The van der Waals surface area contributed by atoms with E-state index in [0.717, 1.165) is 43.6 Å². The van der Waals surface area contributed by atoms with E-state index in [2.05, 4.69) is 20.2 Å². The summed E-state index contributed by atoms with van der Waals surface area (Å²) in [6.45, 7) is 3.55. The number of aryl methyl sites for hydroxylation is 1. The molecule has 2 aliphatic rings. The molecule has 1 aromatic carbocycles. The first-order valence-electron chi connectivity index (χ1n) is 10.1. The Morgan fingerprint density at radius 1 is 1.31 bits per heavy atom. The van der Waals surface area contributed by atoms with Crippen molar-refractivity contribution in [2.75, 3.05) is 18.0 Å². The minimum absolute atomic E-state index is 0.0512. The van der Waals surface area contributed by atoms with Gasteiger partial charge in [-0.2, -0.15) is 0 Å². The van der Waals surface area contributed by atoms with Crippen molar-refractivity contribution in [2.24, 2.45) is 0 Å². The second-order valence-electron chi connectivity index (χ2n) is 7.89. The van der Waals surface area contributed by atoms with E-state index in [9.17, 15) is 14.0 Å². The molecule has 1 saturated heterocycles. The first-order valence-corrected chi connectivity index (χ1v) is 10.1. The smallest absolute Gasteiger partial charge is 0.346 e. The fourth-order valence-corrected chi connectivity index (χ4v) is 4.03. The molecule has 1 atom stereocenters. The number of urea groups is 1. The fourth-order valence-electron chi connectivity index (χ4n) is 4.03. The highest BCUT2D eigenvalue weighted by Gasteiger charge is 2.39. The Morgan fingerprint density at radius 3 is 2.90 bits per heavy atom.